The number of aryl methyl sites for hydroxylation is 1. The Morgan fingerprint density at radius 2 is 1.65 bits per heavy atom. The summed E-state index contributed by atoms with van der Waals surface area (Å²) in [6.07, 6.45) is 0. The summed E-state index contributed by atoms with van der Waals surface area (Å²) >= 11 is 0. The third kappa shape index (κ3) is 3.45. The molecular weight excluding hydrogens is 274 g/mol. The predicted molar refractivity (Wildman–Crippen MR) is 77.8 cm³/mol. The van der Waals surface area contributed by atoms with Gasteiger partial charge in [-0.15, -0.1) is 4.36 Å². The second-order valence-electron chi connectivity index (χ2n) is 4.29. The maximum absolute atomic E-state index is 12.9. The quantitative estimate of drug-likeness (QED) is 0.870. The molecule has 2 aromatic carbocycles. The lowest BCUT2D eigenvalue weighted by atomic mass is 10.2. The van der Waals surface area contributed by atoms with E-state index in [1.165, 1.54) is 6.92 Å². The second-order valence-corrected chi connectivity index (χ2v) is 6.07. The van der Waals surface area contributed by atoms with Crippen molar-refractivity contribution in [2.75, 3.05) is 0 Å². The summed E-state index contributed by atoms with van der Waals surface area (Å²) < 4.78 is 22.0. The van der Waals surface area contributed by atoms with Gasteiger partial charge in [-0.3, -0.25) is 4.79 Å². The topological polar surface area (TPSA) is 55.7 Å². The molecule has 2 rings (SSSR count). The van der Waals surface area contributed by atoms with Crippen molar-refractivity contribution in [3.8, 4) is 5.75 Å². The molecular formula is C15H15NO3S. The minimum Gasteiger partial charge on any atom is -0.392 e. The highest BCUT2D eigenvalue weighted by Crippen LogP contribution is 2.20. The SMILES string of the molecule is CC(=O)N=[S@](=O)(Oc1ccccc1)c1ccc(C)cc1. The summed E-state index contributed by atoms with van der Waals surface area (Å²) in [5.74, 6) is -0.130. The van der Waals surface area contributed by atoms with Gasteiger partial charge in [0, 0.05) is 6.92 Å². The smallest absolute Gasteiger partial charge is 0.253 e. The van der Waals surface area contributed by atoms with Gasteiger partial charge in [-0.05, 0) is 31.2 Å². The molecule has 0 saturated carbocycles. The lowest BCUT2D eigenvalue weighted by Crippen LogP contribution is -2.11. The molecule has 0 aromatic heterocycles. The average Bonchev–Trinajstić information content (AvgIpc) is 2.39. The van der Waals surface area contributed by atoms with Gasteiger partial charge in [0.15, 0.2) is 0 Å². The number of amides is 1. The van der Waals surface area contributed by atoms with Crippen LogP contribution in [-0.4, -0.2) is 10.1 Å². The minimum absolute atomic E-state index is 0.377. The van der Waals surface area contributed by atoms with Crippen molar-refractivity contribution in [2.45, 2.75) is 18.7 Å². The van der Waals surface area contributed by atoms with Crippen LogP contribution in [-0.2, 0) is 14.8 Å². The van der Waals surface area contributed by atoms with Crippen LogP contribution in [0.5, 0.6) is 5.75 Å². The first-order chi connectivity index (χ1) is 9.49. The van der Waals surface area contributed by atoms with E-state index in [2.05, 4.69) is 4.36 Å². The molecule has 5 heteroatoms. The molecule has 0 heterocycles. The van der Waals surface area contributed by atoms with E-state index in [0.717, 1.165) is 5.56 Å². The minimum atomic E-state index is -3.26. The number of carbonyl (C=O) groups excluding carboxylic acids is 1. The van der Waals surface area contributed by atoms with E-state index in [1.54, 1.807) is 48.5 Å². The first kappa shape index (κ1) is 14.3. The Hall–Kier alpha value is -2.14. The molecule has 0 unspecified atom stereocenters. The van der Waals surface area contributed by atoms with Crippen molar-refractivity contribution in [3.63, 3.8) is 0 Å². The summed E-state index contributed by atoms with van der Waals surface area (Å²) in [6, 6.07) is 15.6. The molecule has 0 aliphatic carbocycles. The number of benzene rings is 2. The van der Waals surface area contributed by atoms with Gasteiger partial charge in [0.2, 0.25) is 10.0 Å². The van der Waals surface area contributed by atoms with Crippen molar-refractivity contribution >= 4 is 15.9 Å². The first-order valence-corrected chi connectivity index (χ1v) is 7.52. The molecule has 104 valence electrons. The first-order valence-electron chi connectivity index (χ1n) is 6.08. The van der Waals surface area contributed by atoms with E-state index in [9.17, 15) is 9.00 Å². The van der Waals surface area contributed by atoms with Crippen molar-refractivity contribution in [3.05, 3.63) is 60.2 Å². The number of nitrogens with zero attached hydrogens (tertiary/aromatic N) is 1. The molecule has 0 bridgehead atoms. The molecule has 0 radical (unpaired) electrons. The Morgan fingerprint density at radius 3 is 2.20 bits per heavy atom. The van der Waals surface area contributed by atoms with Crippen LogP contribution in [0.1, 0.15) is 12.5 Å². The third-order valence-corrected chi connectivity index (χ3v) is 4.30. The highest BCUT2D eigenvalue weighted by atomic mass is 32.2. The Morgan fingerprint density at radius 1 is 1.05 bits per heavy atom. The number of carbonyl (C=O) groups is 1. The lowest BCUT2D eigenvalue weighted by Gasteiger charge is -2.11. The Kier molecular flexibility index (Phi) is 4.20. The highest BCUT2D eigenvalue weighted by Gasteiger charge is 2.16. The van der Waals surface area contributed by atoms with Crippen LogP contribution in [0.2, 0.25) is 0 Å². The van der Waals surface area contributed by atoms with Gasteiger partial charge in [-0.25, -0.2) is 4.21 Å². The molecule has 0 fully saturated rings. The van der Waals surface area contributed by atoms with Crippen molar-refractivity contribution in [1.29, 1.82) is 0 Å². The zero-order chi connectivity index (χ0) is 14.6. The molecule has 0 spiro atoms. The van der Waals surface area contributed by atoms with E-state index in [1.807, 2.05) is 13.0 Å². The third-order valence-electron chi connectivity index (χ3n) is 2.52. The largest absolute Gasteiger partial charge is 0.392 e. The van der Waals surface area contributed by atoms with Crippen LogP contribution >= 0.6 is 0 Å². The molecule has 20 heavy (non-hydrogen) atoms. The standard InChI is InChI=1S/C15H15NO3S/c1-12-8-10-15(11-9-12)20(18,16-13(2)17)19-14-6-4-3-5-7-14/h3-11H,1-2H3/t20-/m1/s1. The molecule has 1 amide bonds. The normalized spacial score (nSPS) is 13.3. The van der Waals surface area contributed by atoms with Gasteiger partial charge >= 0.3 is 0 Å². The molecule has 0 saturated heterocycles. The summed E-state index contributed by atoms with van der Waals surface area (Å²) in [6.45, 7) is 3.17. The summed E-state index contributed by atoms with van der Waals surface area (Å²) in [5.41, 5.74) is 1.03. The van der Waals surface area contributed by atoms with E-state index in [0.29, 0.717) is 10.6 Å². The zero-order valence-corrected chi connectivity index (χ0v) is 12.1. The van der Waals surface area contributed by atoms with Gasteiger partial charge in [0.1, 0.15) is 5.75 Å². The monoisotopic (exact) mass is 289 g/mol. The van der Waals surface area contributed by atoms with Crippen molar-refractivity contribution in [1.82, 2.24) is 0 Å². The summed E-state index contributed by atoms with van der Waals surface area (Å²) in [4.78, 5) is 11.6. The Balaban J connectivity index is 2.49. The fourth-order valence-electron chi connectivity index (χ4n) is 1.61. The fraction of sp³-hybridized carbons (Fsp3) is 0.133. The van der Waals surface area contributed by atoms with Crippen molar-refractivity contribution < 1.29 is 13.2 Å². The van der Waals surface area contributed by atoms with Gasteiger partial charge in [0.25, 0.3) is 5.91 Å². The second kappa shape index (κ2) is 5.88. The Bertz CT molecular complexity index is 715. The van der Waals surface area contributed by atoms with Crippen LogP contribution in [0.4, 0.5) is 0 Å². The van der Waals surface area contributed by atoms with E-state index < -0.39 is 15.9 Å². The van der Waals surface area contributed by atoms with Crippen LogP contribution < -0.4 is 4.18 Å². The highest BCUT2D eigenvalue weighted by molar-refractivity contribution is 7.89. The van der Waals surface area contributed by atoms with Gasteiger partial charge in [-0.1, -0.05) is 35.9 Å². The maximum Gasteiger partial charge on any atom is 0.253 e. The van der Waals surface area contributed by atoms with Gasteiger partial charge in [-0.2, -0.15) is 0 Å². The van der Waals surface area contributed by atoms with Crippen LogP contribution in [0, 0.1) is 6.92 Å². The summed E-state index contributed by atoms with van der Waals surface area (Å²) in [7, 11) is -3.26. The number of hydrogen-bond acceptors (Lipinski definition) is 3. The molecule has 0 N–H and O–H groups in total. The molecule has 2 aromatic rings. The van der Waals surface area contributed by atoms with Crippen molar-refractivity contribution in [2.24, 2.45) is 4.36 Å². The number of rotatable bonds is 3. The molecule has 1 atom stereocenters. The van der Waals surface area contributed by atoms with E-state index in [4.69, 9.17) is 4.18 Å². The average molecular weight is 289 g/mol. The molecule has 4 nitrogen and oxygen atoms in total. The number of hydrogen-bond donors (Lipinski definition) is 0. The predicted octanol–water partition coefficient (Wildman–Crippen LogP) is 3.36. The fourth-order valence-corrected chi connectivity index (χ4v) is 3.03. The maximum atomic E-state index is 12.9. The zero-order valence-electron chi connectivity index (χ0n) is 11.3. The van der Waals surface area contributed by atoms with Gasteiger partial charge in [0.05, 0.1) is 4.90 Å². The molecule has 0 aliphatic heterocycles. The van der Waals surface area contributed by atoms with Crippen LogP contribution in [0.15, 0.2) is 63.9 Å². The van der Waals surface area contributed by atoms with Crippen LogP contribution in [0.25, 0.3) is 0 Å². The van der Waals surface area contributed by atoms with E-state index >= 15 is 0 Å². The van der Waals surface area contributed by atoms with Gasteiger partial charge < -0.3 is 4.18 Å². The Labute approximate surface area is 118 Å². The lowest BCUT2D eigenvalue weighted by molar-refractivity contribution is -0.115. The van der Waals surface area contributed by atoms with Crippen LogP contribution in [0.3, 0.4) is 0 Å². The summed E-state index contributed by atoms with van der Waals surface area (Å²) in [5, 5.41) is 0. The number of para-hydroxylation sites is 1. The van der Waals surface area contributed by atoms with E-state index in [-0.39, 0.29) is 0 Å². The molecule has 0 aliphatic rings.